The van der Waals surface area contributed by atoms with Crippen molar-refractivity contribution in [3.05, 3.63) is 29.6 Å². The van der Waals surface area contributed by atoms with E-state index in [1.165, 1.54) is 0 Å². The van der Waals surface area contributed by atoms with E-state index in [0.717, 1.165) is 12.1 Å². The van der Waals surface area contributed by atoms with Gasteiger partial charge in [-0.25, -0.2) is 9.78 Å². The minimum Gasteiger partial charge on any atom is -0.472 e. The summed E-state index contributed by atoms with van der Waals surface area (Å²) in [5, 5.41) is 8.18. The lowest BCUT2D eigenvalue weighted by molar-refractivity contribution is -0.137. The van der Waals surface area contributed by atoms with Gasteiger partial charge in [0.1, 0.15) is 5.69 Å². The quantitative estimate of drug-likeness (QED) is 0.668. The first-order valence-corrected chi connectivity index (χ1v) is 3.68. The number of aromatic nitrogens is 1. The highest BCUT2D eigenvalue weighted by Gasteiger charge is 2.30. The van der Waals surface area contributed by atoms with Crippen molar-refractivity contribution < 1.29 is 23.1 Å². The zero-order valence-electron chi connectivity index (χ0n) is 7.17. The Labute approximate surface area is 82.6 Å². The Balaban J connectivity index is 2.93. The van der Waals surface area contributed by atoms with Crippen LogP contribution in [-0.2, 0) is 11.0 Å². The molecule has 0 saturated heterocycles. The minimum atomic E-state index is -4.45. The smallest absolute Gasteiger partial charge is 0.417 e. The third-order valence-corrected chi connectivity index (χ3v) is 1.39. The second-order valence-corrected chi connectivity index (χ2v) is 2.49. The molecule has 0 fully saturated rings. The van der Waals surface area contributed by atoms with E-state index in [1.54, 1.807) is 5.92 Å². The molecule has 0 unspecified atom stereocenters. The Morgan fingerprint density at radius 1 is 1.40 bits per heavy atom. The van der Waals surface area contributed by atoms with Crippen molar-refractivity contribution in [2.24, 2.45) is 0 Å². The number of carboxylic acid groups (broad SMARTS) is 1. The number of aliphatic carboxylic acids is 1. The largest absolute Gasteiger partial charge is 0.472 e. The SMILES string of the molecule is O=C(O)C#Cc1ccc(C(F)(F)F)cn1. The van der Waals surface area contributed by atoms with E-state index in [2.05, 4.69) is 10.9 Å². The maximum atomic E-state index is 12.1. The number of halogens is 3. The Kier molecular flexibility index (Phi) is 2.95. The molecule has 0 bridgehead atoms. The summed E-state index contributed by atoms with van der Waals surface area (Å²) in [5.41, 5.74) is -0.922. The molecule has 0 radical (unpaired) electrons. The average Bonchev–Trinajstić information content (AvgIpc) is 2.14. The number of carbonyl (C=O) groups is 1. The summed E-state index contributed by atoms with van der Waals surface area (Å²) in [7, 11) is 0. The highest BCUT2D eigenvalue weighted by molar-refractivity contribution is 5.87. The second-order valence-electron chi connectivity index (χ2n) is 2.49. The first kappa shape index (κ1) is 11.0. The van der Waals surface area contributed by atoms with E-state index in [4.69, 9.17) is 5.11 Å². The topological polar surface area (TPSA) is 50.2 Å². The predicted octanol–water partition coefficient (Wildman–Crippen LogP) is 1.54. The average molecular weight is 215 g/mol. The second kappa shape index (κ2) is 4.00. The van der Waals surface area contributed by atoms with Crippen molar-refractivity contribution in [2.45, 2.75) is 6.18 Å². The molecule has 1 N–H and O–H groups in total. The highest BCUT2D eigenvalue weighted by atomic mass is 19.4. The molecule has 0 amide bonds. The van der Waals surface area contributed by atoms with Gasteiger partial charge in [0.25, 0.3) is 0 Å². The van der Waals surface area contributed by atoms with Gasteiger partial charge in [0.05, 0.1) is 5.56 Å². The molecule has 0 saturated carbocycles. The molecule has 78 valence electrons. The van der Waals surface area contributed by atoms with Crippen molar-refractivity contribution in [1.82, 2.24) is 4.98 Å². The van der Waals surface area contributed by atoms with Gasteiger partial charge >= 0.3 is 12.1 Å². The molecule has 0 spiro atoms. The molecule has 1 aromatic rings. The molecule has 15 heavy (non-hydrogen) atoms. The number of carboxylic acids is 1. The van der Waals surface area contributed by atoms with E-state index in [-0.39, 0.29) is 5.69 Å². The molecule has 0 aromatic carbocycles. The van der Waals surface area contributed by atoms with E-state index >= 15 is 0 Å². The monoisotopic (exact) mass is 215 g/mol. The predicted molar refractivity (Wildman–Crippen MR) is 43.8 cm³/mol. The molecule has 6 heteroatoms. The van der Waals surface area contributed by atoms with Crippen LogP contribution in [0.1, 0.15) is 11.3 Å². The van der Waals surface area contributed by atoms with E-state index in [1.807, 2.05) is 0 Å². The van der Waals surface area contributed by atoms with Gasteiger partial charge in [-0.05, 0) is 18.1 Å². The molecule has 0 atom stereocenters. The van der Waals surface area contributed by atoms with Crippen molar-refractivity contribution in [3.8, 4) is 11.8 Å². The van der Waals surface area contributed by atoms with Crippen molar-refractivity contribution >= 4 is 5.97 Å². The molecular formula is C9H4F3NO2. The molecular weight excluding hydrogens is 211 g/mol. The van der Waals surface area contributed by atoms with Gasteiger partial charge in [-0.1, -0.05) is 0 Å². The molecule has 1 heterocycles. The van der Waals surface area contributed by atoms with Crippen molar-refractivity contribution in [2.75, 3.05) is 0 Å². The molecule has 3 nitrogen and oxygen atoms in total. The highest BCUT2D eigenvalue weighted by Crippen LogP contribution is 2.28. The Hall–Kier alpha value is -2.03. The number of nitrogens with zero attached hydrogens (tertiary/aromatic N) is 1. The van der Waals surface area contributed by atoms with Gasteiger partial charge in [-0.15, -0.1) is 0 Å². The zero-order chi connectivity index (χ0) is 11.5. The molecule has 1 aromatic heterocycles. The number of alkyl halides is 3. The summed E-state index contributed by atoms with van der Waals surface area (Å²) < 4.78 is 36.2. The molecule has 0 aliphatic rings. The first-order chi connectivity index (χ1) is 6.89. The van der Waals surface area contributed by atoms with Gasteiger partial charge in [-0.2, -0.15) is 13.2 Å². The standard InChI is InChI=1S/C9H4F3NO2/c10-9(11,12)6-1-2-7(13-5-6)3-4-8(14)15/h1-2,5H,(H,14,15). The zero-order valence-corrected chi connectivity index (χ0v) is 7.17. The summed E-state index contributed by atoms with van der Waals surface area (Å²) in [6.45, 7) is 0. The van der Waals surface area contributed by atoms with Crippen LogP contribution < -0.4 is 0 Å². The summed E-state index contributed by atoms with van der Waals surface area (Å²) in [4.78, 5) is 13.4. The third kappa shape index (κ3) is 3.31. The Morgan fingerprint density at radius 2 is 2.07 bits per heavy atom. The van der Waals surface area contributed by atoms with Crippen molar-refractivity contribution in [3.63, 3.8) is 0 Å². The number of rotatable bonds is 0. The van der Waals surface area contributed by atoms with Crippen molar-refractivity contribution in [1.29, 1.82) is 0 Å². The Bertz CT molecular complexity index is 425. The van der Waals surface area contributed by atoms with E-state index in [0.29, 0.717) is 6.20 Å². The van der Waals surface area contributed by atoms with Gasteiger partial charge in [-0.3, -0.25) is 0 Å². The lowest BCUT2D eigenvalue weighted by Crippen LogP contribution is -2.05. The normalized spacial score (nSPS) is 10.3. The summed E-state index contributed by atoms with van der Waals surface area (Å²) in [6, 6.07) is 1.80. The summed E-state index contributed by atoms with van der Waals surface area (Å²) in [5.74, 6) is 2.47. The first-order valence-electron chi connectivity index (χ1n) is 3.68. The fourth-order valence-electron chi connectivity index (χ4n) is 0.753. The summed E-state index contributed by atoms with van der Waals surface area (Å²) >= 11 is 0. The van der Waals surface area contributed by atoms with E-state index < -0.39 is 17.7 Å². The van der Waals surface area contributed by atoms with Gasteiger partial charge in [0.15, 0.2) is 0 Å². The van der Waals surface area contributed by atoms with E-state index in [9.17, 15) is 18.0 Å². The fraction of sp³-hybridized carbons (Fsp3) is 0.111. The molecule has 0 aliphatic carbocycles. The fourth-order valence-corrected chi connectivity index (χ4v) is 0.753. The van der Waals surface area contributed by atoms with Crippen LogP contribution in [0.25, 0.3) is 0 Å². The van der Waals surface area contributed by atoms with Crippen LogP contribution in [0.5, 0.6) is 0 Å². The Morgan fingerprint density at radius 3 is 2.47 bits per heavy atom. The maximum Gasteiger partial charge on any atom is 0.417 e. The molecule has 1 rings (SSSR count). The number of pyridine rings is 1. The number of hydrogen-bond donors (Lipinski definition) is 1. The lowest BCUT2D eigenvalue weighted by Gasteiger charge is -2.04. The minimum absolute atomic E-state index is 0.0228. The third-order valence-electron chi connectivity index (χ3n) is 1.39. The van der Waals surface area contributed by atoms with Gasteiger partial charge in [0.2, 0.25) is 0 Å². The van der Waals surface area contributed by atoms with Crippen LogP contribution in [0.3, 0.4) is 0 Å². The summed E-state index contributed by atoms with van der Waals surface area (Å²) in [6.07, 6.45) is -3.85. The van der Waals surface area contributed by atoms with Crippen LogP contribution in [0.4, 0.5) is 13.2 Å². The van der Waals surface area contributed by atoms with Crippen LogP contribution in [0, 0.1) is 11.8 Å². The lowest BCUT2D eigenvalue weighted by atomic mass is 10.2. The van der Waals surface area contributed by atoms with Crippen LogP contribution in [0.15, 0.2) is 18.3 Å². The van der Waals surface area contributed by atoms with Crippen LogP contribution in [-0.4, -0.2) is 16.1 Å². The molecule has 0 aliphatic heterocycles. The van der Waals surface area contributed by atoms with Crippen LogP contribution >= 0.6 is 0 Å². The maximum absolute atomic E-state index is 12.1. The van der Waals surface area contributed by atoms with Crippen LogP contribution in [0.2, 0.25) is 0 Å². The number of hydrogen-bond acceptors (Lipinski definition) is 2. The van der Waals surface area contributed by atoms with Gasteiger partial charge < -0.3 is 5.11 Å². The van der Waals surface area contributed by atoms with Gasteiger partial charge in [0, 0.05) is 12.1 Å².